The smallest absolute Gasteiger partial charge is 0.335 e. The maximum Gasteiger partial charge on any atom is 0.335 e. The van der Waals surface area contributed by atoms with Crippen molar-refractivity contribution in [3.8, 4) is 5.75 Å². The third-order valence-corrected chi connectivity index (χ3v) is 8.91. The highest BCUT2D eigenvalue weighted by atomic mass is 16.5. The second-order valence-electron chi connectivity index (χ2n) is 12.6. The van der Waals surface area contributed by atoms with E-state index in [-0.39, 0.29) is 30.6 Å². The molecule has 1 aliphatic heterocycles. The normalized spacial score (nSPS) is 18.2. The first-order valence-corrected chi connectivity index (χ1v) is 16.5. The number of hydrogen-bond donors (Lipinski definition) is 1. The Hall–Kier alpha value is -3.01. The predicted molar refractivity (Wildman–Crippen MR) is 168 cm³/mol. The van der Waals surface area contributed by atoms with Crippen molar-refractivity contribution in [3.63, 3.8) is 0 Å². The summed E-state index contributed by atoms with van der Waals surface area (Å²) in [7, 11) is 1.74. The summed E-state index contributed by atoms with van der Waals surface area (Å²) in [5.74, 6) is 0.667. The Morgan fingerprint density at radius 3 is 2.26 bits per heavy atom. The van der Waals surface area contributed by atoms with Crippen molar-refractivity contribution in [3.05, 3.63) is 23.8 Å². The van der Waals surface area contributed by atoms with Gasteiger partial charge in [-0.05, 0) is 65.0 Å². The second kappa shape index (κ2) is 16.2. The van der Waals surface area contributed by atoms with Crippen molar-refractivity contribution in [2.75, 3.05) is 38.4 Å². The molecule has 10 heteroatoms. The molecule has 240 valence electrons. The highest BCUT2D eigenvalue weighted by molar-refractivity contribution is 5.78. The number of hydrazine groups is 1. The Morgan fingerprint density at radius 2 is 1.65 bits per heavy atom. The average Bonchev–Trinajstić information content (AvgIpc) is 2.99. The lowest BCUT2D eigenvalue weighted by atomic mass is 9.88. The van der Waals surface area contributed by atoms with E-state index < -0.39 is 0 Å². The molecule has 2 fully saturated rings. The minimum absolute atomic E-state index is 0.0919. The van der Waals surface area contributed by atoms with Crippen molar-refractivity contribution < 1.29 is 23.9 Å². The molecule has 1 heterocycles. The molecule has 2 saturated carbocycles. The van der Waals surface area contributed by atoms with E-state index in [0.29, 0.717) is 57.0 Å². The molecule has 0 radical (unpaired) electrons. The molecule has 3 aliphatic rings. The van der Waals surface area contributed by atoms with E-state index in [9.17, 15) is 14.4 Å². The summed E-state index contributed by atoms with van der Waals surface area (Å²) < 4.78 is 11.7. The number of amides is 3. The van der Waals surface area contributed by atoms with Gasteiger partial charge in [-0.2, -0.15) is 0 Å². The lowest BCUT2D eigenvalue weighted by Gasteiger charge is -2.42. The molecule has 4 rings (SSSR count). The van der Waals surface area contributed by atoms with Crippen molar-refractivity contribution in [1.82, 2.24) is 20.1 Å². The summed E-state index contributed by atoms with van der Waals surface area (Å²) in [5.41, 5.74) is 4.70. The first kappa shape index (κ1) is 32.9. The SMILES string of the molecule is CCN(C)C(=O)NN1CN(CC(=O)OC(C)C)Cc2c(OCCCC(=O)N(C3CCCCC3)C3CCCCC3)cccc21. The van der Waals surface area contributed by atoms with Gasteiger partial charge in [0.2, 0.25) is 5.91 Å². The summed E-state index contributed by atoms with van der Waals surface area (Å²) in [6.07, 6.45) is 12.9. The van der Waals surface area contributed by atoms with Crippen LogP contribution in [0, 0.1) is 0 Å². The van der Waals surface area contributed by atoms with Crippen LogP contribution in [-0.4, -0.2) is 84.2 Å². The number of carbonyl (C=O) groups excluding carboxylic acids is 3. The quantitative estimate of drug-likeness (QED) is 0.252. The van der Waals surface area contributed by atoms with E-state index in [1.54, 1.807) is 17.0 Å². The van der Waals surface area contributed by atoms with Crippen LogP contribution in [0.15, 0.2) is 18.2 Å². The van der Waals surface area contributed by atoms with E-state index in [1.807, 2.05) is 43.9 Å². The Balaban J connectivity index is 1.42. The zero-order valence-corrected chi connectivity index (χ0v) is 26.8. The summed E-state index contributed by atoms with van der Waals surface area (Å²) >= 11 is 0. The highest BCUT2D eigenvalue weighted by Gasteiger charge is 2.32. The van der Waals surface area contributed by atoms with Gasteiger partial charge in [0, 0.05) is 44.2 Å². The number of nitrogens with one attached hydrogen (secondary N) is 1. The zero-order valence-electron chi connectivity index (χ0n) is 26.8. The van der Waals surface area contributed by atoms with E-state index in [0.717, 1.165) is 36.9 Å². The van der Waals surface area contributed by atoms with Gasteiger partial charge in [-0.3, -0.25) is 19.5 Å². The monoisotopic (exact) mass is 599 g/mol. The molecule has 0 atom stereocenters. The fourth-order valence-electron chi connectivity index (χ4n) is 6.64. The van der Waals surface area contributed by atoms with Crippen LogP contribution >= 0.6 is 0 Å². The second-order valence-corrected chi connectivity index (χ2v) is 12.6. The third kappa shape index (κ3) is 9.24. The number of anilines is 1. The van der Waals surface area contributed by atoms with Crippen LogP contribution in [0.4, 0.5) is 10.5 Å². The maximum absolute atomic E-state index is 13.6. The summed E-state index contributed by atoms with van der Waals surface area (Å²) in [6, 6.07) is 6.35. The molecule has 10 nitrogen and oxygen atoms in total. The standard InChI is InChI=1S/C33H53N5O5/c1-5-35(4)33(41)34-37-24-36(23-32(40)43-25(2)3)22-28-29(37)18-12-19-30(28)42-21-13-20-31(39)38(26-14-8-6-9-15-26)27-16-10-7-11-17-27/h12,18-19,25-27H,5-11,13-17,20-24H2,1-4H3,(H,34,41). The summed E-state index contributed by atoms with van der Waals surface area (Å²) in [5, 5.41) is 1.76. The van der Waals surface area contributed by atoms with Crippen molar-refractivity contribution in [1.29, 1.82) is 0 Å². The Kier molecular flexibility index (Phi) is 12.4. The third-order valence-electron chi connectivity index (χ3n) is 8.91. The van der Waals surface area contributed by atoms with Crippen LogP contribution in [0.5, 0.6) is 5.75 Å². The van der Waals surface area contributed by atoms with Gasteiger partial charge in [0.25, 0.3) is 0 Å². The van der Waals surface area contributed by atoms with Gasteiger partial charge in [0.05, 0.1) is 31.6 Å². The first-order valence-electron chi connectivity index (χ1n) is 16.5. The lowest BCUT2D eigenvalue weighted by Crippen LogP contribution is -2.55. The van der Waals surface area contributed by atoms with Gasteiger partial charge in [-0.15, -0.1) is 0 Å². The Labute approximate surface area is 258 Å². The van der Waals surface area contributed by atoms with Gasteiger partial charge in [0.1, 0.15) is 5.75 Å². The minimum Gasteiger partial charge on any atom is -0.493 e. The molecule has 2 aliphatic carbocycles. The number of ether oxygens (including phenoxy) is 2. The van der Waals surface area contributed by atoms with E-state index in [1.165, 1.54) is 38.5 Å². The number of nitrogens with zero attached hydrogens (tertiary/aromatic N) is 4. The Bertz CT molecular complexity index is 1050. The van der Waals surface area contributed by atoms with Crippen LogP contribution in [0.3, 0.4) is 0 Å². The molecule has 0 saturated heterocycles. The van der Waals surface area contributed by atoms with Crippen LogP contribution in [0.1, 0.15) is 103 Å². The highest BCUT2D eigenvalue weighted by Crippen LogP contribution is 2.34. The number of hydrogen-bond acceptors (Lipinski definition) is 7. The van der Waals surface area contributed by atoms with Gasteiger partial charge in [0.15, 0.2) is 0 Å². The minimum atomic E-state index is -0.312. The van der Waals surface area contributed by atoms with Crippen molar-refractivity contribution in [2.45, 2.75) is 123 Å². The molecule has 0 aromatic heterocycles. The topological polar surface area (TPSA) is 94.7 Å². The number of carbonyl (C=O) groups is 3. The average molecular weight is 600 g/mol. The molecule has 1 aromatic rings. The number of esters is 1. The molecular formula is C33H53N5O5. The lowest BCUT2D eigenvalue weighted by molar-refractivity contribution is -0.149. The molecule has 1 aromatic carbocycles. The predicted octanol–water partition coefficient (Wildman–Crippen LogP) is 5.45. The molecule has 0 bridgehead atoms. The number of fused-ring (bicyclic) bond motifs is 1. The summed E-state index contributed by atoms with van der Waals surface area (Å²) in [4.78, 5) is 44.7. The van der Waals surface area contributed by atoms with Gasteiger partial charge < -0.3 is 19.3 Å². The van der Waals surface area contributed by atoms with Gasteiger partial charge in [-0.1, -0.05) is 44.6 Å². The van der Waals surface area contributed by atoms with Crippen molar-refractivity contribution in [2.24, 2.45) is 0 Å². The van der Waals surface area contributed by atoms with Crippen LogP contribution in [0.2, 0.25) is 0 Å². The zero-order chi connectivity index (χ0) is 30.8. The molecule has 0 spiro atoms. The fraction of sp³-hybridized carbons (Fsp3) is 0.727. The number of urea groups is 1. The Morgan fingerprint density at radius 1 is 1.00 bits per heavy atom. The van der Waals surface area contributed by atoms with Gasteiger partial charge >= 0.3 is 12.0 Å². The largest absolute Gasteiger partial charge is 0.493 e. The van der Waals surface area contributed by atoms with E-state index in [4.69, 9.17) is 9.47 Å². The molecule has 43 heavy (non-hydrogen) atoms. The van der Waals surface area contributed by atoms with Crippen LogP contribution in [0.25, 0.3) is 0 Å². The van der Waals surface area contributed by atoms with E-state index in [2.05, 4.69) is 10.3 Å². The molecule has 0 unspecified atom stereocenters. The maximum atomic E-state index is 13.6. The number of rotatable bonds is 12. The number of benzene rings is 1. The first-order chi connectivity index (χ1) is 20.8. The van der Waals surface area contributed by atoms with Gasteiger partial charge in [-0.25, -0.2) is 10.2 Å². The molecular weight excluding hydrogens is 546 g/mol. The van der Waals surface area contributed by atoms with Crippen LogP contribution in [-0.2, 0) is 20.9 Å². The van der Waals surface area contributed by atoms with Crippen LogP contribution < -0.4 is 15.2 Å². The molecule has 1 N–H and O–H groups in total. The van der Waals surface area contributed by atoms with E-state index >= 15 is 0 Å². The van der Waals surface area contributed by atoms with Crippen molar-refractivity contribution >= 4 is 23.6 Å². The fourth-order valence-corrected chi connectivity index (χ4v) is 6.64. The molecule has 3 amide bonds. The summed E-state index contributed by atoms with van der Waals surface area (Å²) in [6.45, 7) is 7.47.